The molecule has 0 bridgehead atoms. The molecule has 0 unspecified atom stereocenters. The first-order valence-corrected chi connectivity index (χ1v) is 47.7. The van der Waals surface area contributed by atoms with Gasteiger partial charge in [0.15, 0.2) is 5.82 Å². The van der Waals surface area contributed by atoms with E-state index in [-0.39, 0.29) is 49.3 Å². The summed E-state index contributed by atoms with van der Waals surface area (Å²) in [6.45, 7) is 76.9. The van der Waals surface area contributed by atoms with Crippen LogP contribution in [0.5, 0.6) is 0 Å². The van der Waals surface area contributed by atoms with E-state index in [4.69, 9.17) is 32.6 Å². The monoisotopic (exact) mass is 1940 g/mol. The number of aromatic nitrogens is 26. The molecule has 0 atom stereocenters. The summed E-state index contributed by atoms with van der Waals surface area (Å²) in [5.74, 6) is 5.07. The number of nitrogens with two attached hydrogens (primary N) is 4. The maximum Gasteiger partial charge on any atom is 0.240 e. The van der Waals surface area contributed by atoms with Gasteiger partial charge in [-0.25, -0.2) is 49.8 Å². The lowest BCUT2D eigenvalue weighted by Gasteiger charge is -2.17. The minimum atomic E-state index is 0.119. The first-order valence-electron chi connectivity index (χ1n) is 47.7. The molecule has 0 aliphatic carbocycles. The second kappa shape index (κ2) is 63.7. The van der Waals surface area contributed by atoms with Gasteiger partial charge >= 0.3 is 0 Å². The zero-order valence-corrected chi connectivity index (χ0v) is 92.3. The van der Waals surface area contributed by atoms with Crippen molar-refractivity contribution in [3.63, 3.8) is 0 Å². The van der Waals surface area contributed by atoms with E-state index in [1.54, 1.807) is 111 Å². The lowest BCUT2D eigenvalue weighted by atomic mass is 9.88. The fraction of sp³-hybridized carbons (Fsp3) is 0.473. The maximum atomic E-state index is 5.46. The Bertz CT molecular complexity index is 5080. The van der Waals surface area contributed by atoms with Gasteiger partial charge in [0, 0.05) is 136 Å². The Morgan fingerprint density at radius 1 is 0.254 bits per heavy atom. The molecule has 8 N–H and O–H groups in total. The van der Waals surface area contributed by atoms with Gasteiger partial charge in [-0.2, -0.15) is 40.8 Å². The van der Waals surface area contributed by atoms with Gasteiger partial charge in [0.2, 0.25) is 36.7 Å². The summed E-state index contributed by atoms with van der Waals surface area (Å²) >= 11 is 0. The lowest BCUT2D eigenvalue weighted by Crippen LogP contribution is -2.40. The third-order valence-corrected chi connectivity index (χ3v) is 19.9. The summed E-state index contributed by atoms with van der Waals surface area (Å²) in [5, 5.41) is 45.2. The molecule has 0 aliphatic heterocycles. The van der Waals surface area contributed by atoms with Crippen LogP contribution >= 0.6 is 0 Å². The van der Waals surface area contributed by atoms with Crippen molar-refractivity contribution >= 4 is 23.5 Å². The first kappa shape index (κ1) is 126. The van der Waals surface area contributed by atoms with Crippen molar-refractivity contribution < 1.29 is 19.1 Å². The maximum absolute atomic E-state index is 5.46. The number of pyridine rings is 5. The second-order valence-corrected chi connectivity index (χ2v) is 42.7. The average Bonchev–Trinajstić information content (AvgIpc) is 0.855. The van der Waals surface area contributed by atoms with Gasteiger partial charge in [-0.3, -0.25) is 19.6 Å². The van der Waals surface area contributed by atoms with Gasteiger partial charge in [-0.05, 0) is 167 Å². The van der Waals surface area contributed by atoms with E-state index in [0.29, 0.717) is 53.1 Å². The number of anilines is 4. The Hall–Kier alpha value is -13.9. The van der Waals surface area contributed by atoms with Crippen LogP contribution in [-0.2, 0) is 43.3 Å². The third-order valence-electron chi connectivity index (χ3n) is 19.9. The van der Waals surface area contributed by atoms with Gasteiger partial charge in [0.1, 0.15) is 44.8 Å². The molecule has 0 saturated heterocycles. The Balaban J connectivity index is 0.000000765. The molecule has 0 aliphatic rings. The quantitative estimate of drug-likeness (QED) is 0.103. The van der Waals surface area contributed by atoms with Gasteiger partial charge in [-0.1, -0.05) is 261 Å². The van der Waals surface area contributed by atoms with Crippen molar-refractivity contribution in [1.82, 2.24) is 121 Å². The van der Waals surface area contributed by atoms with E-state index in [0.717, 1.165) is 39.7 Å². The van der Waals surface area contributed by atoms with Crippen LogP contribution in [0.1, 0.15) is 363 Å². The van der Waals surface area contributed by atoms with E-state index < -0.39 is 0 Å². The zero-order valence-electron chi connectivity index (χ0n) is 92.3. The minimum Gasteiger partial charge on any atom is -0.384 e. The van der Waals surface area contributed by atoms with Crippen molar-refractivity contribution in [3.05, 3.63) is 325 Å². The Kier molecular flexibility index (Phi) is 56.5. The molecule has 768 valence electrons. The topological polar surface area (TPSA) is 440 Å². The predicted octanol–water partition coefficient (Wildman–Crippen LogP) is 21.2. The van der Waals surface area contributed by atoms with Gasteiger partial charge in [-0.15, -0.1) is 20.4 Å². The van der Waals surface area contributed by atoms with E-state index in [1.807, 2.05) is 144 Å². The molecule has 0 spiro atoms. The fourth-order valence-electron chi connectivity index (χ4n) is 10.3. The fourth-order valence-corrected chi connectivity index (χ4v) is 10.3. The molecule has 14 aromatic heterocycles. The molecule has 0 fully saturated rings. The smallest absolute Gasteiger partial charge is 0.240 e. The molecule has 0 aromatic carbocycles. The highest BCUT2D eigenvalue weighted by Gasteiger charge is 2.21. The van der Waals surface area contributed by atoms with Crippen LogP contribution in [0, 0.1) is 0 Å². The molecule has 32 nitrogen and oxygen atoms in total. The van der Waals surface area contributed by atoms with Gasteiger partial charge < -0.3 is 22.9 Å². The summed E-state index contributed by atoms with van der Waals surface area (Å²) in [4.78, 5) is 57.3. The molecule has 0 radical (unpaired) electrons. The van der Waals surface area contributed by atoms with Crippen LogP contribution in [0.25, 0.3) is 0 Å². The van der Waals surface area contributed by atoms with Crippen LogP contribution in [-0.4, -0.2) is 135 Å². The molecule has 32 heteroatoms. The summed E-state index contributed by atoms with van der Waals surface area (Å²) in [5.41, 5.74) is 38.0. The average molecular weight is 1940 g/mol. The molecular weight excluding hydrogens is 1770 g/mol. The minimum absolute atomic E-state index is 0.119. The normalized spacial score (nSPS) is 11.0. The van der Waals surface area contributed by atoms with Crippen LogP contribution < -0.4 is 42.1 Å². The van der Waals surface area contributed by atoms with Crippen molar-refractivity contribution in [3.8, 4) is 0 Å². The lowest BCUT2D eigenvalue weighted by molar-refractivity contribution is -0.885. The number of hydrogen-bond donors (Lipinski definition) is 4. The summed E-state index contributed by atoms with van der Waals surface area (Å²) in [7, 11) is 3.31. The SMILES string of the molecule is CC(C)(C)c1ccc(N)nc1.CC(C)(C)c1cccnc1.CC(C)(C)c1cccnn1.CC(C)(C)c1ccncc1.CC(C)(C)c1ccncn1.CC(C)(C)c1ccnnc1.CC(C)c1cnc(N)nc1.CC(C)c1cnc(N)nn1.CC(C)c1cncnc1.CC(C)c1cncnn1.CC(C)c1cnnc(N)c1.CC(C)c1nccnn1.CO[n+]1ccc(C(C)(C)C)cc1.CO[n+]1cccc(C(C)(C)C)c1. The van der Waals surface area contributed by atoms with Gasteiger partial charge in [0.05, 0.1) is 48.1 Å². The van der Waals surface area contributed by atoms with Crippen molar-refractivity contribution in [2.45, 2.75) is 328 Å². The second-order valence-electron chi connectivity index (χ2n) is 42.7. The van der Waals surface area contributed by atoms with Crippen molar-refractivity contribution in [1.29, 1.82) is 0 Å². The summed E-state index contributed by atoms with van der Waals surface area (Å²) in [6.07, 6.45) is 44.0. The highest BCUT2D eigenvalue weighted by atomic mass is 16.6. The summed E-state index contributed by atoms with van der Waals surface area (Å²) < 4.78 is 3.38. The largest absolute Gasteiger partial charge is 0.384 e. The molecular formula is C110H168N30O2+2. The third kappa shape index (κ3) is 57.0. The van der Waals surface area contributed by atoms with Crippen LogP contribution in [0.4, 0.5) is 23.5 Å². The molecule has 14 heterocycles. The van der Waals surface area contributed by atoms with E-state index in [2.05, 4.69) is 379 Å². The van der Waals surface area contributed by atoms with E-state index >= 15 is 0 Å². The zero-order chi connectivity index (χ0) is 108. The highest BCUT2D eigenvalue weighted by Crippen LogP contribution is 2.27. The summed E-state index contributed by atoms with van der Waals surface area (Å²) in [6, 6.07) is 30.0. The van der Waals surface area contributed by atoms with Crippen molar-refractivity contribution in [2.75, 3.05) is 37.2 Å². The number of nitrogens with zero attached hydrogens (tertiary/aromatic N) is 26. The first-order chi connectivity index (χ1) is 66.1. The number of hydrogen-bond acceptors (Lipinski definition) is 30. The molecule has 0 amide bonds. The Morgan fingerprint density at radius 3 is 1.10 bits per heavy atom. The van der Waals surface area contributed by atoms with Crippen LogP contribution in [0.2, 0.25) is 0 Å². The van der Waals surface area contributed by atoms with E-state index in [1.165, 1.54) is 45.3 Å². The van der Waals surface area contributed by atoms with Gasteiger partial charge in [0.25, 0.3) is 0 Å². The van der Waals surface area contributed by atoms with E-state index in [9.17, 15) is 0 Å². The molecule has 14 aromatic rings. The Labute approximate surface area is 849 Å². The Morgan fingerprint density at radius 2 is 0.746 bits per heavy atom. The standard InChI is InChI=1S/2C10H16NO.C9H14N2.2C9H13N.3C8H12N2.2C7H11N3.C7H10N2.C6H10N4.2C6H9N3/c1-10(2,3)9-5-7-11(12-4)8-6-9;1-10(2,3)9-6-5-7-11(8-9)12-4;1-9(2,3)7-4-5-8(10)11-6-7;1-9(2,3)8-4-6-10-7-5-8;1-9(2,3)8-5-4-6-10-7-8;1-8(2,3)7-4-5-9-6-10-7;1-8(2,3)7-4-5-9-10-6-7;1-8(2,3)7-5-4-6-9-10-7;1-5(2)6-3-9-7(8)10-4-6;1-5(2)6-3-7(8)10-9-4-6;1-6(2)7-3-8-5-9-4-7;1-4(2)5-3-8-6(7)10-9-5;1-5(2)6-3-7-4-8-9-6;1-5(2)6-7-3-4-8-9-6/h2*5-8H,1-4H3;4-6H,1-3H3,(H2,10,11);2*4-7H,1-3H3;3*4-6H,1-3H3;3-5H,1-2H3,(H2,8,9,10);3-5H,1-2H3,(H2,8,10);3-6H,1-2H3;3-4H,1-2H3,(H2,7,8,10);2*3-5H,1-2H3/q2*+1;;;;;;;;;;;;. The van der Waals surface area contributed by atoms with Crippen LogP contribution in [0.3, 0.4) is 0 Å². The highest BCUT2D eigenvalue weighted by molar-refractivity contribution is 5.33. The van der Waals surface area contributed by atoms with Crippen molar-refractivity contribution in [2.24, 2.45) is 0 Å². The number of rotatable bonds is 8. The molecule has 14 rings (SSSR count). The molecule has 0 saturated carbocycles. The molecule has 142 heavy (non-hydrogen) atoms. The number of nitrogen functional groups attached to an aromatic ring is 4. The predicted molar refractivity (Wildman–Crippen MR) is 574 cm³/mol. The van der Waals surface area contributed by atoms with Crippen LogP contribution in [0.15, 0.2) is 246 Å².